The summed E-state index contributed by atoms with van der Waals surface area (Å²) in [4.78, 5) is 4.35. The van der Waals surface area contributed by atoms with Crippen LogP contribution in [0.25, 0.3) is 0 Å². The van der Waals surface area contributed by atoms with Gasteiger partial charge in [0.25, 0.3) is 0 Å². The Morgan fingerprint density at radius 2 is 2.00 bits per heavy atom. The molecule has 27 heavy (non-hydrogen) atoms. The molecule has 0 fully saturated rings. The standard InChI is InChI=1S/C20H38N6.HI/c1-16(12-13-20(2,3)4)23-19(21-5)22-14-9-11-18-25-24-17-10-7-6-8-15-26(17)18;/h16H,6-15H2,1-5H3,(H2,21,22,23);1H. The van der Waals surface area contributed by atoms with Crippen molar-refractivity contribution in [3.05, 3.63) is 11.6 Å². The van der Waals surface area contributed by atoms with Crippen LogP contribution in [0.15, 0.2) is 4.99 Å². The molecular formula is C20H39IN6. The van der Waals surface area contributed by atoms with Crippen molar-refractivity contribution < 1.29 is 0 Å². The Balaban J connectivity index is 0.00000364. The Morgan fingerprint density at radius 1 is 1.22 bits per heavy atom. The molecular weight excluding hydrogens is 451 g/mol. The molecule has 0 amide bonds. The maximum Gasteiger partial charge on any atom is 0.191 e. The van der Waals surface area contributed by atoms with Crippen LogP contribution in [0.1, 0.15) is 77.9 Å². The number of aliphatic imine (C=N–C) groups is 1. The normalized spacial score (nSPS) is 16.1. The fourth-order valence-electron chi connectivity index (χ4n) is 3.33. The van der Waals surface area contributed by atoms with Crippen molar-refractivity contribution >= 4 is 29.9 Å². The van der Waals surface area contributed by atoms with Crippen molar-refractivity contribution in [3.8, 4) is 0 Å². The lowest BCUT2D eigenvalue weighted by Gasteiger charge is -2.23. The van der Waals surface area contributed by atoms with E-state index in [1.54, 1.807) is 0 Å². The van der Waals surface area contributed by atoms with Crippen molar-refractivity contribution in [3.63, 3.8) is 0 Å². The lowest BCUT2D eigenvalue weighted by molar-refractivity contribution is 0.346. The smallest absolute Gasteiger partial charge is 0.191 e. The second-order valence-electron chi connectivity index (χ2n) is 8.74. The summed E-state index contributed by atoms with van der Waals surface area (Å²) in [5.41, 5.74) is 0.378. The van der Waals surface area contributed by atoms with E-state index in [-0.39, 0.29) is 24.0 Å². The van der Waals surface area contributed by atoms with Crippen LogP contribution in [0.5, 0.6) is 0 Å². The minimum absolute atomic E-state index is 0. The molecule has 1 aliphatic heterocycles. The highest BCUT2D eigenvalue weighted by Crippen LogP contribution is 2.21. The number of guanidine groups is 1. The topological polar surface area (TPSA) is 67.1 Å². The van der Waals surface area contributed by atoms with Gasteiger partial charge in [0, 0.05) is 39.0 Å². The lowest BCUT2D eigenvalue weighted by Crippen LogP contribution is -2.42. The molecule has 0 saturated heterocycles. The largest absolute Gasteiger partial charge is 0.356 e. The number of nitrogens with one attached hydrogen (secondary N) is 2. The summed E-state index contributed by atoms with van der Waals surface area (Å²) in [6.45, 7) is 11.1. The van der Waals surface area contributed by atoms with Crippen molar-refractivity contribution in [2.75, 3.05) is 13.6 Å². The van der Waals surface area contributed by atoms with Crippen LogP contribution in [-0.2, 0) is 19.4 Å². The van der Waals surface area contributed by atoms with Gasteiger partial charge in [0.2, 0.25) is 0 Å². The third kappa shape index (κ3) is 8.79. The molecule has 7 heteroatoms. The Bertz CT molecular complexity index is 576. The SMILES string of the molecule is CN=C(NCCCc1nnc2n1CCCCC2)NC(C)CCC(C)(C)C.I. The van der Waals surface area contributed by atoms with Gasteiger partial charge in [0.1, 0.15) is 11.6 Å². The molecule has 0 spiro atoms. The van der Waals surface area contributed by atoms with Gasteiger partial charge in [0.05, 0.1) is 0 Å². The molecule has 1 atom stereocenters. The molecule has 6 nitrogen and oxygen atoms in total. The Kier molecular flexibility index (Phi) is 10.6. The van der Waals surface area contributed by atoms with E-state index in [0.717, 1.165) is 50.6 Å². The molecule has 0 aromatic carbocycles. The van der Waals surface area contributed by atoms with Crippen LogP contribution in [-0.4, -0.2) is 40.4 Å². The van der Waals surface area contributed by atoms with E-state index >= 15 is 0 Å². The van der Waals surface area contributed by atoms with E-state index in [1.165, 1.54) is 31.5 Å². The van der Waals surface area contributed by atoms with Gasteiger partial charge in [-0.1, -0.05) is 27.2 Å². The first-order valence-electron chi connectivity index (χ1n) is 10.3. The van der Waals surface area contributed by atoms with Gasteiger partial charge in [-0.15, -0.1) is 34.2 Å². The lowest BCUT2D eigenvalue weighted by atomic mass is 9.89. The van der Waals surface area contributed by atoms with Crippen LogP contribution < -0.4 is 10.6 Å². The van der Waals surface area contributed by atoms with Gasteiger partial charge in [-0.2, -0.15) is 0 Å². The summed E-state index contributed by atoms with van der Waals surface area (Å²) < 4.78 is 2.34. The number of hydrogen-bond donors (Lipinski definition) is 2. The number of rotatable bonds is 7. The monoisotopic (exact) mass is 490 g/mol. The molecule has 2 heterocycles. The van der Waals surface area contributed by atoms with Gasteiger partial charge in [-0.3, -0.25) is 4.99 Å². The zero-order valence-corrected chi connectivity index (χ0v) is 20.2. The molecule has 2 N–H and O–H groups in total. The highest BCUT2D eigenvalue weighted by molar-refractivity contribution is 14.0. The van der Waals surface area contributed by atoms with E-state index in [4.69, 9.17) is 0 Å². The van der Waals surface area contributed by atoms with E-state index in [9.17, 15) is 0 Å². The highest BCUT2D eigenvalue weighted by atomic mass is 127. The maximum atomic E-state index is 4.41. The summed E-state index contributed by atoms with van der Waals surface area (Å²) in [6.07, 6.45) is 9.24. The molecule has 0 saturated carbocycles. The van der Waals surface area contributed by atoms with Crippen molar-refractivity contribution in [2.45, 2.75) is 91.6 Å². The first-order valence-corrected chi connectivity index (χ1v) is 10.3. The summed E-state index contributed by atoms with van der Waals surface area (Å²) in [5.74, 6) is 3.22. The van der Waals surface area contributed by atoms with Crippen molar-refractivity contribution in [1.29, 1.82) is 0 Å². The Morgan fingerprint density at radius 3 is 2.70 bits per heavy atom. The number of hydrogen-bond acceptors (Lipinski definition) is 3. The fraction of sp³-hybridized carbons (Fsp3) is 0.850. The maximum absolute atomic E-state index is 4.41. The van der Waals surface area contributed by atoms with Crippen molar-refractivity contribution in [1.82, 2.24) is 25.4 Å². The van der Waals surface area contributed by atoms with Crippen LogP contribution in [0.2, 0.25) is 0 Å². The summed E-state index contributed by atoms with van der Waals surface area (Å²) in [5, 5.41) is 15.7. The van der Waals surface area contributed by atoms with Crippen LogP contribution in [0.3, 0.4) is 0 Å². The zero-order chi connectivity index (χ0) is 19.0. The minimum atomic E-state index is 0. The Hall–Kier alpha value is -0.860. The first kappa shape index (κ1) is 24.2. The van der Waals surface area contributed by atoms with Gasteiger partial charge in [0.15, 0.2) is 5.96 Å². The number of halogens is 1. The van der Waals surface area contributed by atoms with E-state index in [2.05, 4.69) is 58.1 Å². The fourth-order valence-corrected chi connectivity index (χ4v) is 3.33. The molecule has 1 aromatic heterocycles. The quantitative estimate of drug-likeness (QED) is 0.263. The predicted octanol–water partition coefficient (Wildman–Crippen LogP) is 3.93. The predicted molar refractivity (Wildman–Crippen MR) is 124 cm³/mol. The molecule has 2 rings (SSSR count). The molecule has 0 bridgehead atoms. The van der Waals surface area contributed by atoms with Gasteiger partial charge in [-0.05, 0) is 44.4 Å². The highest BCUT2D eigenvalue weighted by Gasteiger charge is 2.15. The Labute approximate surface area is 182 Å². The molecule has 0 radical (unpaired) electrons. The number of aromatic nitrogens is 3. The van der Waals surface area contributed by atoms with E-state index < -0.39 is 0 Å². The average molecular weight is 490 g/mol. The van der Waals surface area contributed by atoms with Gasteiger partial charge in [-0.25, -0.2) is 0 Å². The third-order valence-corrected chi connectivity index (χ3v) is 4.99. The summed E-state index contributed by atoms with van der Waals surface area (Å²) in [6, 6.07) is 0.424. The van der Waals surface area contributed by atoms with Crippen LogP contribution in [0, 0.1) is 5.41 Å². The molecule has 1 unspecified atom stereocenters. The number of aryl methyl sites for hydroxylation is 2. The van der Waals surface area contributed by atoms with E-state index in [1.807, 2.05) is 7.05 Å². The van der Waals surface area contributed by atoms with Crippen LogP contribution >= 0.6 is 24.0 Å². The third-order valence-electron chi connectivity index (χ3n) is 4.99. The second kappa shape index (κ2) is 11.9. The molecule has 156 valence electrons. The second-order valence-corrected chi connectivity index (χ2v) is 8.74. The van der Waals surface area contributed by atoms with Gasteiger partial charge < -0.3 is 15.2 Å². The number of nitrogens with zero attached hydrogens (tertiary/aromatic N) is 4. The minimum Gasteiger partial charge on any atom is -0.356 e. The van der Waals surface area contributed by atoms with Gasteiger partial charge >= 0.3 is 0 Å². The van der Waals surface area contributed by atoms with Crippen molar-refractivity contribution in [2.24, 2.45) is 10.4 Å². The number of fused-ring (bicyclic) bond motifs is 1. The average Bonchev–Trinajstić information content (AvgIpc) is 2.81. The van der Waals surface area contributed by atoms with Crippen LogP contribution in [0.4, 0.5) is 0 Å². The molecule has 1 aliphatic rings. The van der Waals surface area contributed by atoms with E-state index in [0.29, 0.717) is 11.5 Å². The molecule has 1 aromatic rings. The first-order chi connectivity index (χ1) is 12.4. The zero-order valence-electron chi connectivity index (χ0n) is 17.8. The summed E-state index contributed by atoms with van der Waals surface area (Å²) in [7, 11) is 1.84. The molecule has 0 aliphatic carbocycles. The summed E-state index contributed by atoms with van der Waals surface area (Å²) >= 11 is 0.